The number of amides is 1. The number of anilines is 1. The van der Waals surface area contributed by atoms with E-state index in [-0.39, 0.29) is 28.7 Å². The van der Waals surface area contributed by atoms with E-state index in [1.54, 1.807) is 19.1 Å². The first kappa shape index (κ1) is 17.6. The second-order valence-electron chi connectivity index (χ2n) is 4.95. The van der Waals surface area contributed by atoms with E-state index in [2.05, 4.69) is 10.3 Å². The Kier molecular flexibility index (Phi) is 5.99. The van der Waals surface area contributed by atoms with Crippen molar-refractivity contribution in [3.63, 3.8) is 0 Å². The zero-order valence-corrected chi connectivity index (χ0v) is 13.9. The number of nitrogen functional groups attached to an aromatic ring is 1. The fraction of sp³-hybridized carbons (Fsp3) is 0.235. The Hall–Kier alpha value is -2.78. The Morgan fingerprint density at radius 2 is 2.12 bits per heavy atom. The number of aromatic nitrogens is 1. The van der Waals surface area contributed by atoms with E-state index in [9.17, 15) is 4.79 Å². The summed E-state index contributed by atoms with van der Waals surface area (Å²) in [6.45, 7) is 2.52. The molecule has 0 atom stereocenters. The van der Waals surface area contributed by atoms with Gasteiger partial charge in [0, 0.05) is 11.6 Å². The van der Waals surface area contributed by atoms with Gasteiger partial charge in [0.2, 0.25) is 5.88 Å². The molecule has 6 nitrogen and oxygen atoms in total. The molecule has 0 saturated carbocycles. The predicted molar refractivity (Wildman–Crippen MR) is 92.0 cm³/mol. The topological polar surface area (TPSA) is 101 Å². The van der Waals surface area contributed by atoms with Crippen molar-refractivity contribution in [2.75, 3.05) is 18.9 Å². The summed E-state index contributed by atoms with van der Waals surface area (Å²) < 4.78 is 5.28. The molecular formula is C17H17ClN4O2. The molecule has 0 aliphatic rings. The van der Waals surface area contributed by atoms with E-state index in [0.717, 1.165) is 5.56 Å². The minimum atomic E-state index is -0.374. The molecular weight excluding hydrogens is 328 g/mol. The van der Waals surface area contributed by atoms with E-state index in [0.29, 0.717) is 24.6 Å². The quantitative estimate of drug-likeness (QED) is 0.838. The highest BCUT2D eigenvalue weighted by atomic mass is 35.5. The molecule has 0 spiro atoms. The molecule has 24 heavy (non-hydrogen) atoms. The number of ether oxygens (including phenoxy) is 1. The molecule has 0 aliphatic heterocycles. The maximum Gasteiger partial charge on any atom is 0.270 e. The van der Waals surface area contributed by atoms with Crippen LogP contribution in [0.15, 0.2) is 30.3 Å². The Morgan fingerprint density at radius 3 is 2.75 bits per heavy atom. The van der Waals surface area contributed by atoms with Gasteiger partial charge in [-0.1, -0.05) is 23.7 Å². The van der Waals surface area contributed by atoms with E-state index in [4.69, 9.17) is 27.3 Å². The van der Waals surface area contributed by atoms with Gasteiger partial charge in [0.05, 0.1) is 12.3 Å². The zero-order chi connectivity index (χ0) is 17.5. The lowest BCUT2D eigenvalue weighted by Crippen LogP contribution is -2.27. The number of hydrogen-bond donors (Lipinski definition) is 2. The summed E-state index contributed by atoms with van der Waals surface area (Å²) in [5, 5.41) is 12.5. The molecule has 124 valence electrons. The average Bonchev–Trinajstić information content (AvgIpc) is 2.56. The average molecular weight is 345 g/mol. The summed E-state index contributed by atoms with van der Waals surface area (Å²) in [5.74, 6) is -0.302. The number of halogens is 1. The number of rotatable bonds is 6. The third-order valence-corrected chi connectivity index (χ3v) is 3.51. The van der Waals surface area contributed by atoms with Crippen LogP contribution in [0.25, 0.3) is 0 Å². The molecule has 3 N–H and O–H groups in total. The van der Waals surface area contributed by atoms with Gasteiger partial charge in [-0.3, -0.25) is 4.79 Å². The van der Waals surface area contributed by atoms with Gasteiger partial charge in [0.25, 0.3) is 5.91 Å². The molecule has 1 amide bonds. The lowest BCUT2D eigenvalue weighted by atomic mass is 10.1. The van der Waals surface area contributed by atoms with Crippen molar-refractivity contribution in [2.45, 2.75) is 13.3 Å². The number of carbonyl (C=O) groups excluding carboxylic acids is 1. The molecule has 1 heterocycles. The lowest BCUT2D eigenvalue weighted by molar-refractivity contribution is 0.0948. The summed E-state index contributed by atoms with van der Waals surface area (Å²) in [6, 6.07) is 10.7. The third-order valence-electron chi connectivity index (χ3n) is 3.25. The monoisotopic (exact) mass is 344 g/mol. The first-order chi connectivity index (χ1) is 11.5. The fourth-order valence-corrected chi connectivity index (χ4v) is 2.20. The SMILES string of the molecule is CCOc1nc(C(=O)NCCc2ccc(Cl)cc2)cc(N)c1C#N. The molecule has 7 heteroatoms. The van der Waals surface area contributed by atoms with Crippen LogP contribution in [0.2, 0.25) is 5.02 Å². The minimum Gasteiger partial charge on any atom is -0.477 e. The van der Waals surface area contributed by atoms with Crippen LogP contribution in [0.3, 0.4) is 0 Å². The maximum absolute atomic E-state index is 12.2. The number of nitrogens with one attached hydrogen (secondary N) is 1. The van der Waals surface area contributed by atoms with Crippen molar-refractivity contribution in [3.8, 4) is 11.9 Å². The number of benzene rings is 1. The molecule has 0 bridgehead atoms. The minimum absolute atomic E-state index is 0.0721. The highest BCUT2D eigenvalue weighted by Gasteiger charge is 2.16. The van der Waals surface area contributed by atoms with Crippen molar-refractivity contribution >= 4 is 23.2 Å². The Balaban J connectivity index is 2.04. The van der Waals surface area contributed by atoms with Crippen LogP contribution in [0.1, 0.15) is 28.5 Å². The number of carbonyl (C=O) groups is 1. The summed E-state index contributed by atoms with van der Waals surface area (Å²) in [4.78, 5) is 16.3. The van der Waals surface area contributed by atoms with Gasteiger partial charge in [0.15, 0.2) is 0 Å². The van der Waals surface area contributed by atoms with E-state index >= 15 is 0 Å². The molecule has 0 aliphatic carbocycles. The van der Waals surface area contributed by atoms with Crippen LogP contribution < -0.4 is 15.8 Å². The van der Waals surface area contributed by atoms with Crippen molar-refractivity contribution < 1.29 is 9.53 Å². The smallest absolute Gasteiger partial charge is 0.270 e. The van der Waals surface area contributed by atoms with Crippen LogP contribution in [0.5, 0.6) is 5.88 Å². The highest BCUT2D eigenvalue weighted by Crippen LogP contribution is 2.22. The van der Waals surface area contributed by atoms with Crippen molar-refractivity contribution in [1.82, 2.24) is 10.3 Å². The van der Waals surface area contributed by atoms with Crippen LogP contribution in [0, 0.1) is 11.3 Å². The van der Waals surface area contributed by atoms with Crippen molar-refractivity contribution in [2.24, 2.45) is 0 Å². The van der Waals surface area contributed by atoms with E-state index in [1.165, 1.54) is 6.07 Å². The molecule has 2 aromatic rings. The molecule has 0 radical (unpaired) electrons. The number of nitrogens with zero attached hydrogens (tertiary/aromatic N) is 2. The fourth-order valence-electron chi connectivity index (χ4n) is 2.07. The van der Waals surface area contributed by atoms with Gasteiger partial charge < -0.3 is 15.8 Å². The van der Waals surface area contributed by atoms with E-state index in [1.807, 2.05) is 18.2 Å². The van der Waals surface area contributed by atoms with Crippen LogP contribution in [-0.2, 0) is 6.42 Å². The molecule has 2 rings (SSSR count). The van der Waals surface area contributed by atoms with Gasteiger partial charge >= 0.3 is 0 Å². The normalized spacial score (nSPS) is 10.0. The van der Waals surface area contributed by atoms with Crippen LogP contribution in [0.4, 0.5) is 5.69 Å². The lowest BCUT2D eigenvalue weighted by Gasteiger charge is -2.10. The molecule has 1 aromatic carbocycles. The number of pyridine rings is 1. The zero-order valence-electron chi connectivity index (χ0n) is 13.2. The number of hydrogen-bond acceptors (Lipinski definition) is 5. The maximum atomic E-state index is 12.2. The first-order valence-corrected chi connectivity index (χ1v) is 7.79. The predicted octanol–water partition coefficient (Wildman–Crippen LogP) is 2.56. The van der Waals surface area contributed by atoms with Crippen molar-refractivity contribution in [3.05, 3.63) is 52.2 Å². The van der Waals surface area contributed by atoms with Gasteiger partial charge in [-0.15, -0.1) is 0 Å². The summed E-state index contributed by atoms with van der Waals surface area (Å²) in [7, 11) is 0. The standard InChI is InChI=1S/C17H17ClN4O2/c1-2-24-17-13(10-19)14(20)9-15(22-17)16(23)21-8-7-11-3-5-12(18)6-4-11/h3-6,9H,2,7-8H2,1H3,(H2,20,22)(H,21,23). The van der Waals surface area contributed by atoms with Gasteiger partial charge in [-0.05, 0) is 37.1 Å². The van der Waals surface area contributed by atoms with Gasteiger partial charge in [-0.25, -0.2) is 4.98 Å². The van der Waals surface area contributed by atoms with Crippen LogP contribution >= 0.6 is 11.6 Å². The summed E-state index contributed by atoms with van der Waals surface area (Å²) in [5.41, 5.74) is 7.27. The Morgan fingerprint density at radius 1 is 1.42 bits per heavy atom. The highest BCUT2D eigenvalue weighted by molar-refractivity contribution is 6.30. The van der Waals surface area contributed by atoms with E-state index < -0.39 is 0 Å². The van der Waals surface area contributed by atoms with Crippen molar-refractivity contribution in [1.29, 1.82) is 5.26 Å². The molecule has 0 unspecified atom stereocenters. The van der Waals surface area contributed by atoms with Crippen LogP contribution in [-0.4, -0.2) is 24.0 Å². The largest absolute Gasteiger partial charge is 0.477 e. The van der Waals surface area contributed by atoms with Gasteiger partial charge in [-0.2, -0.15) is 5.26 Å². The first-order valence-electron chi connectivity index (χ1n) is 7.41. The molecule has 0 fully saturated rings. The molecule has 1 aromatic heterocycles. The van der Waals surface area contributed by atoms with Gasteiger partial charge in [0.1, 0.15) is 17.3 Å². The third kappa shape index (κ3) is 4.37. The second kappa shape index (κ2) is 8.18. The second-order valence-corrected chi connectivity index (χ2v) is 5.39. The Bertz CT molecular complexity index is 769. The number of nitriles is 1. The summed E-state index contributed by atoms with van der Waals surface area (Å²) in [6.07, 6.45) is 0.660. The molecule has 0 saturated heterocycles. The summed E-state index contributed by atoms with van der Waals surface area (Å²) >= 11 is 5.83. The Labute approximate surface area is 145 Å². The number of nitrogens with two attached hydrogens (primary N) is 1.